The van der Waals surface area contributed by atoms with Crippen molar-refractivity contribution >= 4 is 46.7 Å². The van der Waals surface area contributed by atoms with Crippen LogP contribution in [0, 0.1) is 6.92 Å². The third-order valence-corrected chi connectivity index (χ3v) is 5.08. The van der Waals surface area contributed by atoms with Gasteiger partial charge in [0.1, 0.15) is 5.76 Å². The molecule has 21 heavy (non-hydrogen) atoms. The number of benzene rings is 1. The lowest BCUT2D eigenvalue weighted by Crippen LogP contribution is -2.24. The van der Waals surface area contributed by atoms with Gasteiger partial charge in [0.25, 0.3) is 0 Å². The first kappa shape index (κ1) is 16.2. The second kappa shape index (κ2) is 7.20. The van der Waals surface area contributed by atoms with E-state index in [1.165, 1.54) is 11.8 Å². The SMILES string of the molecule is CCC(Sc1c(Cl)cccc1Cl)C(=O)Nc1cc(C)on1. The van der Waals surface area contributed by atoms with Gasteiger partial charge >= 0.3 is 0 Å². The first-order valence-corrected chi connectivity index (χ1v) is 7.99. The lowest BCUT2D eigenvalue weighted by atomic mass is 10.3. The second-order valence-corrected chi connectivity index (χ2v) is 6.40. The highest BCUT2D eigenvalue weighted by Crippen LogP contribution is 2.37. The standard InChI is InChI=1S/C14H14Cl2N2O2S/c1-3-11(14(19)17-12-7-8(2)20-18-12)21-13-9(15)5-4-6-10(13)16/h4-7,11H,3H2,1-2H3,(H,17,18,19). The first-order valence-electron chi connectivity index (χ1n) is 6.36. The fourth-order valence-electron chi connectivity index (χ4n) is 1.69. The Labute approximate surface area is 137 Å². The summed E-state index contributed by atoms with van der Waals surface area (Å²) in [4.78, 5) is 13.0. The molecular formula is C14H14Cl2N2O2S. The van der Waals surface area contributed by atoms with Crippen LogP contribution >= 0.6 is 35.0 Å². The smallest absolute Gasteiger partial charge is 0.239 e. The number of nitrogens with one attached hydrogen (secondary N) is 1. The molecule has 1 heterocycles. The summed E-state index contributed by atoms with van der Waals surface area (Å²) in [6.07, 6.45) is 0.634. The van der Waals surface area contributed by atoms with Gasteiger partial charge in [-0.25, -0.2) is 0 Å². The number of carbonyl (C=O) groups excluding carboxylic acids is 1. The fraction of sp³-hybridized carbons (Fsp3) is 0.286. The summed E-state index contributed by atoms with van der Waals surface area (Å²) in [6.45, 7) is 3.69. The van der Waals surface area contributed by atoms with Crippen LogP contribution in [-0.4, -0.2) is 16.3 Å². The molecule has 0 aliphatic rings. The Kier molecular flexibility index (Phi) is 5.56. The average molecular weight is 345 g/mol. The predicted molar refractivity (Wildman–Crippen MR) is 86.3 cm³/mol. The molecule has 0 aliphatic carbocycles. The van der Waals surface area contributed by atoms with Crippen molar-refractivity contribution in [3.63, 3.8) is 0 Å². The van der Waals surface area contributed by atoms with Crippen LogP contribution < -0.4 is 5.32 Å². The Morgan fingerprint density at radius 3 is 2.62 bits per heavy atom. The van der Waals surface area contributed by atoms with Crippen molar-refractivity contribution in [3.8, 4) is 0 Å². The van der Waals surface area contributed by atoms with E-state index in [9.17, 15) is 4.79 Å². The minimum Gasteiger partial charge on any atom is -0.360 e. The molecule has 112 valence electrons. The third kappa shape index (κ3) is 4.15. The zero-order valence-electron chi connectivity index (χ0n) is 11.5. The number of anilines is 1. The van der Waals surface area contributed by atoms with Gasteiger partial charge < -0.3 is 9.84 Å². The van der Waals surface area contributed by atoms with Crippen LogP contribution in [0.3, 0.4) is 0 Å². The lowest BCUT2D eigenvalue weighted by molar-refractivity contribution is -0.115. The topological polar surface area (TPSA) is 55.1 Å². The van der Waals surface area contributed by atoms with Crippen LogP contribution in [-0.2, 0) is 4.79 Å². The van der Waals surface area contributed by atoms with E-state index in [2.05, 4.69) is 10.5 Å². The minimum absolute atomic E-state index is 0.160. The second-order valence-electron chi connectivity index (χ2n) is 4.38. The normalized spacial score (nSPS) is 12.2. The van der Waals surface area contributed by atoms with Crippen molar-refractivity contribution in [2.75, 3.05) is 5.32 Å². The molecule has 0 radical (unpaired) electrons. The summed E-state index contributed by atoms with van der Waals surface area (Å²) in [6, 6.07) is 6.94. The van der Waals surface area contributed by atoms with Crippen molar-refractivity contribution < 1.29 is 9.32 Å². The number of halogens is 2. The molecule has 7 heteroatoms. The van der Waals surface area contributed by atoms with Crippen molar-refractivity contribution in [1.82, 2.24) is 5.16 Å². The molecule has 1 atom stereocenters. The van der Waals surface area contributed by atoms with Gasteiger partial charge in [-0.15, -0.1) is 11.8 Å². The number of nitrogens with zero attached hydrogens (tertiary/aromatic N) is 1. The molecule has 4 nitrogen and oxygen atoms in total. The van der Waals surface area contributed by atoms with E-state index in [0.717, 1.165) is 0 Å². The van der Waals surface area contributed by atoms with E-state index in [4.69, 9.17) is 27.7 Å². The van der Waals surface area contributed by atoms with Gasteiger partial charge in [-0.05, 0) is 25.5 Å². The maximum absolute atomic E-state index is 12.3. The maximum atomic E-state index is 12.3. The predicted octanol–water partition coefficient (Wildman–Crippen LogP) is 4.80. The molecule has 0 bridgehead atoms. The Bertz CT molecular complexity index is 625. The minimum atomic E-state index is -0.320. The number of hydrogen-bond acceptors (Lipinski definition) is 4. The fourth-order valence-corrected chi connectivity index (χ4v) is 3.33. The molecule has 0 saturated heterocycles. The summed E-state index contributed by atoms with van der Waals surface area (Å²) in [5.74, 6) is 0.883. The summed E-state index contributed by atoms with van der Waals surface area (Å²) >= 11 is 13.6. The van der Waals surface area contributed by atoms with Gasteiger partial charge in [0.15, 0.2) is 5.82 Å². The zero-order valence-corrected chi connectivity index (χ0v) is 13.9. The molecule has 0 aliphatic heterocycles. The van der Waals surface area contributed by atoms with Gasteiger partial charge in [0.2, 0.25) is 5.91 Å². The van der Waals surface area contributed by atoms with Gasteiger partial charge in [-0.2, -0.15) is 0 Å². The van der Waals surface area contributed by atoms with E-state index in [1.54, 1.807) is 31.2 Å². The molecule has 0 fully saturated rings. The lowest BCUT2D eigenvalue weighted by Gasteiger charge is -2.15. The number of aromatic nitrogens is 1. The highest BCUT2D eigenvalue weighted by molar-refractivity contribution is 8.00. The maximum Gasteiger partial charge on any atom is 0.239 e. The number of amides is 1. The van der Waals surface area contributed by atoms with E-state index < -0.39 is 0 Å². The van der Waals surface area contributed by atoms with Crippen LogP contribution in [0.1, 0.15) is 19.1 Å². The van der Waals surface area contributed by atoms with Gasteiger partial charge in [0.05, 0.1) is 15.3 Å². The highest BCUT2D eigenvalue weighted by atomic mass is 35.5. The monoisotopic (exact) mass is 344 g/mol. The molecular weight excluding hydrogens is 331 g/mol. The summed E-state index contributed by atoms with van der Waals surface area (Å²) in [5.41, 5.74) is 0. The number of rotatable bonds is 5. The van der Waals surface area contributed by atoms with E-state index in [0.29, 0.717) is 32.9 Å². The molecule has 1 aromatic heterocycles. The first-order chi connectivity index (χ1) is 10.0. The molecule has 1 unspecified atom stereocenters. The Balaban J connectivity index is 2.10. The molecule has 1 N–H and O–H groups in total. The van der Waals surface area contributed by atoms with Crippen molar-refractivity contribution in [1.29, 1.82) is 0 Å². The third-order valence-electron chi connectivity index (χ3n) is 2.72. The Morgan fingerprint density at radius 1 is 1.43 bits per heavy atom. The van der Waals surface area contributed by atoms with Crippen LogP contribution in [0.2, 0.25) is 10.0 Å². The molecule has 0 saturated carbocycles. The quantitative estimate of drug-likeness (QED) is 0.791. The van der Waals surface area contributed by atoms with Crippen molar-refractivity contribution in [2.45, 2.75) is 30.4 Å². The van der Waals surface area contributed by atoms with Crippen LogP contribution in [0.5, 0.6) is 0 Å². The summed E-state index contributed by atoms with van der Waals surface area (Å²) < 4.78 is 4.92. The number of thioether (sulfide) groups is 1. The van der Waals surface area contributed by atoms with E-state index in [1.807, 2.05) is 6.92 Å². The largest absolute Gasteiger partial charge is 0.360 e. The highest BCUT2D eigenvalue weighted by Gasteiger charge is 2.21. The van der Waals surface area contributed by atoms with Crippen LogP contribution in [0.4, 0.5) is 5.82 Å². The van der Waals surface area contributed by atoms with Gasteiger partial charge in [-0.3, -0.25) is 4.79 Å². The van der Waals surface area contributed by atoms with Gasteiger partial charge in [-0.1, -0.05) is 41.3 Å². The average Bonchev–Trinajstić information content (AvgIpc) is 2.83. The number of hydrogen-bond donors (Lipinski definition) is 1. The van der Waals surface area contributed by atoms with E-state index >= 15 is 0 Å². The Hall–Kier alpha value is -1.17. The van der Waals surface area contributed by atoms with Crippen molar-refractivity contribution in [2.24, 2.45) is 0 Å². The molecule has 2 rings (SSSR count). The number of aryl methyl sites for hydroxylation is 1. The Morgan fingerprint density at radius 2 is 2.10 bits per heavy atom. The van der Waals surface area contributed by atoms with E-state index in [-0.39, 0.29) is 11.2 Å². The van der Waals surface area contributed by atoms with Crippen LogP contribution in [0.25, 0.3) is 0 Å². The molecule has 1 amide bonds. The molecule has 1 aromatic carbocycles. The van der Waals surface area contributed by atoms with Gasteiger partial charge in [0, 0.05) is 11.0 Å². The summed E-state index contributed by atoms with van der Waals surface area (Å²) in [7, 11) is 0. The zero-order chi connectivity index (χ0) is 15.4. The van der Waals surface area contributed by atoms with Crippen LogP contribution in [0.15, 0.2) is 33.7 Å². The summed E-state index contributed by atoms with van der Waals surface area (Å²) in [5, 5.41) is 7.22. The molecule has 0 spiro atoms. The molecule has 2 aromatic rings. The van der Waals surface area contributed by atoms with Crippen molar-refractivity contribution in [3.05, 3.63) is 40.1 Å². The number of carbonyl (C=O) groups is 1.